The fourth-order valence-electron chi connectivity index (χ4n) is 3.93. The molecular formula is C25H36F2NO+. The summed E-state index contributed by atoms with van der Waals surface area (Å²) < 4.78 is 35.0. The first-order valence-electron chi connectivity index (χ1n) is 10.7. The molecule has 1 unspecified atom stereocenters. The minimum absolute atomic E-state index is 0.0338. The van der Waals surface area contributed by atoms with Crippen LogP contribution in [-0.2, 0) is 11.2 Å². The minimum Gasteiger partial charge on any atom is -0.368 e. The molecular weight excluding hydrogens is 368 g/mol. The van der Waals surface area contributed by atoms with Crippen LogP contribution in [0.15, 0.2) is 36.4 Å². The Morgan fingerprint density at radius 2 is 1.52 bits per heavy atom. The maximum absolute atomic E-state index is 13.9. The lowest BCUT2D eigenvalue weighted by molar-refractivity contribution is -0.894. The van der Waals surface area contributed by atoms with E-state index in [4.69, 9.17) is 4.74 Å². The molecule has 2 aromatic rings. The highest BCUT2D eigenvalue weighted by molar-refractivity contribution is 5.35. The Labute approximate surface area is 175 Å². The zero-order valence-corrected chi connectivity index (χ0v) is 18.6. The molecule has 160 valence electrons. The Morgan fingerprint density at radius 3 is 2.10 bits per heavy atom. The molecule has 0 fully saturated rings. The van der Waals surface area contributed by atoms with E-state index >= 15 is 0 Å². The van der Waals surface area contributed by atoms with Gasteiger partial charge in [-0.1, -0.05) is 37.6 Å². The first kappa shape index (κ1) is 23.5. The van der Waals surface area contributed by atoms with Crippen molar-refractivity contribution in [2.75, 3.05) is 33.8 Å². The first-order valence-corrected chi connectivity index (χ1v) is 10.7. The average molecular weight is 405 g/mol. The summed E-state index contributed by atoms with van der Waals surface area (Å²) in [7, 11) is 4.49. The maximum Gasteiger partial charge on any atom is 0.132 e. The van der Waals surface area contributed by atoms with Crippen LogP contribution in [0.25, 0.3) is 0 Å². The molecule has 0 spiro atoms. The second kappa shape index (κ2) is 10.8. The summed E-state index contributed by atoms with van der Waals surface area (Å²) in [5.74, 6) is -0.956. The Kier molecular flexibility index (Phi) is 8.79. The number of nitrogens with zero attached hydrogens (tertiary/aromatic N) is 1. The lowest BCUT2D eigenvalue weighted by Gasteiger charge is -2.34. The molecule has 0 amide bonds. The number of halogens is 2. The van der Waals surface area contributed by atoms with Crippen LogP contribution in [0.1, 0.15) is 54.5 Å². The number of hydrogen-bond acceptors (Lipinski definition) is 1. The normalized spacial score (nSPS) is 12.9. The van der Waals surface area contributed by atoms with Crippen LogP contribution in [0, 0.1) is 25.5 Å². The van der Waals surface area contributed by atoms with E-state index in [9.17, 15) is 8.78 Å². The topological polar surface area (TPSA) is 9.23 Å². The number of rotatable bonds is 11. The van der Waals surface area contributed by atoms with Crippen LogP contribution in [-0.4, -0.2) is 38.3 Å². The summed E-state index contributed by atoms with van der Waals surface area (Å²) in [6, 6.07) is 10.3. The SMILES string of the molecule is CCCC[N+](C)(C)CC(OCCCc1c(F)cccc1F)c1c(C)cccc1C. The van der Waals surface area contributed by atoms with Crippen LogP contribution in [0.3, 0.4) is 0 Å². The molecule has 2 nitrogen and oxygen atoms in total. The second-order valence-electron chi connectivity index (χ2n) is 8.66. The van der Waals surface area contributed by atoms with Crippen LogP contribution in [0.4, 0.5) is 8.78 Å². The highest BCUT2D eigenvalue weighted by Gasteiger charge is 2.26. The third-order valence-corrected chi connectivity index (χ3v) is 5.59. The molecule has 0 aliphatic rings. The summed E-state index contributed by atoms with van der Waals surface area (Å²) in [6.07, 6.45) is 3.24. The number of hydrogen-bond donors (Lipinski definition) is 0. The molecule has 0 heterocycles. The molecule has 0 aromatic heterocycles. The van der Waals surface area contributed by atoms with Gasteiger partial charge in [-0.25, -0.2) is 8.78 Å². The molecule has 0 saturated carbocycles. The van der Waals surface area contributed by atoms with Gasteiger partial charge in [0, 0.05) is 12.2 Å². The number of likely N-dealkylation sites (N-methyl/N-ethyl adjacent to an activating group) is 1. The monoisotopic (exact) mass is 404 g/mol. The van der Waals surface area contributed by atoms with Crippen LogP contribution in [0.2, 0.25) is 0 Å². The highest BCUT2D eigenvalue weighted by atomic mass is 19.1. The van der Waals surface area contributed by atoms with E-state index in [0.717, 1.165) is 17.6 Å². The first-order chi connectivity index (χ1) is 13.7. The Hall–Kier alpha value is -1.78. The molecule has 0 bridgehead atoms. The fraction of sp³-hybridized carbons (Fsp3) is 0.520. The van der Waals surface area contributed by atoms with Gasteiger partial charge in [-0.15, -0.1) is 0 Å². The van der Waals surface area contributed by atoms with E-state index in [0.29, 0.717) is 19.4 Å². The van der Waals surface area contributed by atoms with Crippen molar-refractivity contribution in [1.82, 2.24) is 0 Å². The Morgan fingerprint density at radius 1 is 0.931 bits per heavy atom. The van der Waals surface area contributed by atoms with Gasteiger partial charge in [-0.05, 0) is 61.9 Å². The molecule has 0 aliphatic heterocycles. The zero-order valence-electron chi connectivity index (χ0n) is 18.6. The van der Waals surface area contributed by atoms with E-state index in [1.807, 2.05) is 0 Å². The third-order valence-electron chi connectivity index (χ3n) is 5.59. The maximum atomic E-state index is 13.9. The van der Waals surface area contributed by atoms with Gasteiger partial charge in [0.15, 0.2) is 0 Å². The summed E-state index contributed by atoms with van der Waals surface area (Å²) in [5, 5.41) is 0. The average Bonchev–Trinajstić information content (AvgIpc) is 2.65. The van der Waals surface area contributed by atoms with Gasteiger partial charge in [-0.2, -0.15) is 0 Å². The second-order valence-corrected chi connectivity index (χ2v) is 8.66. The van der Waals surface area contributed by atoms with Gasteiger partial charge in [0.1, 0.15) is 24.3 Å². The highest BCUT2D eigenvalue weighted by Crippen LogP contribution is 2.28. The number of aryl methyl sites for hydroxylation is 2. The van der Waals surface area contributed by atoms with Gasteiger partial charge in [-0.3, -0.25) is 0 Å². The van der Waals surface area contributed by atoms with Crippen molar-refractivity contribution in [2.24, 2.45) is 0 Å². The molecule has 2 rings (SSSR count). The molecule has 29 heavy (non-hydrogen) atoms. The van der Waals surface area contributed by atoms with Crippen LogP contribution < -0.4 is 0 Å². The lowest BCUT2D eigenvalue weighted by atomic mass is 9.97. The van der Waals surface area contributed by atoms with Gasteiger partial charge >= 0.3 is 0 Å². The number of benzene rings is 2. The van der Waals surface area contributed by atoms with E-state index in [2.05, 4.69) is 53.1 Å². The van der Waals surface area contributed by atoms with Crippen molar-refractivity contribution in [1.29, 1.82) is 0 Å². The molecule has 2 aromatic carbocycles. The van der Waals surface area contributed by atoms with Crippen molar-refractivity contribution in [3.05, 3.63) is 70.3 Å². The van der Waals surface area contributed by atoms with Gasteiger partial charge in [0.25, 0.3) is 0 Å². The summed E-state index contributed by atoms with van der Waals surface area (Å²) in [6.45, 7) is 8.90. The number of ether oxygens (including phenoxy) is 1. The quantitative estimate of drug-likeness (QED) is 0.322. The van der Waals surface area contributed by atoms with E-state index in [-0.39, 0.29) is 11.7 Å². The third kappa shape index (κ3) is 6.90. The van der Waals surface area contributed by atoms with Crippen LogP contribution >= 0.6 is 0 Å². The van der Waals surface area contributed by atoms with E-state index < -0.39 is 11.6 Å². The molecule has 0 aliphatic carbocycles. The van der Waals surface area contributed by atoms with Gasteiger partial charge in [0.2, 0.25) is 0 Å². The smallest absolute Gasteiger partial charge is 0.132 e. The standard InChI is InChI=1S/C25H36F2NO/c1-6-7-16-28(4,5)18-24(25-19(2)11-8-12-20(25)3)29-17-10-13-21-22(26)14-9-15-23(21)27/h8-9,11-12,14-15,24H,6-7,10,13,16-18H2,1-5H3/q+1. The minimum atomic E-state index is -0.478. The Balaban J connectivity index is 2.09. The van der Waals surface area contributed by atoms with Gasteiger partial charge < -0.3 is 9.22 Å². The van der Waals surface area contributed by atoms with Crippen molar-refractivity contribution in [2.45, 2.75) is 52.6 Å². The lowest BCUT2D eigenvalue weighted by Crippen LogP contribution is -2.44. The van der Waals surface area contributed by atoms with Crippen molar-refractivity contribution in [3.8, 4) is 0 Å². The fourth-order valence-corrected chi connectivity index (χ4v) is 3.93. The molecule has 4 heteroatoms. The molecule has 1 atom stereocenters. The Bertz CT molecular complexity index is 748. The predicted octanol–water partition coefficient (Wildman–Crippen LogP) is 6.15. The predicted molar refractivity (Wildman–Crippen MR) is 116 cm³/mol. The number of quaternary nitrogens is 1. The number of unbranched alkanes of at least 4 members (excludes halogenated alkanes) is 1. The summed E-state index contributed by atoms with van der Waals surface area (Å²) >= 11 is 0. The molecule has 0 radical (unpaired) electrons. The van der Waals surface area contributed by atoms with Crippen molar-refractivity contribution >= 4 is 0 Å². The summed E-state index contributed by atoms with van der Waals surface area (Å²) in [5.41, 5.74) is 3.85. The zero-order chi connectivity index (χ0) is 21.4. The van der Waals surface area contributed by atoms with E-state index in [1.165, 1.54) is 47.7 Å². The molecule has 0 saturated heterocycles. The van der Waals surface area contributed by atoms with Crippen molar-refractivity contribution in [3.63, 3.8) is 0 Å². The molecule has 0 N–H and O–H groups in total. The van der Waals surface area contributed by atoms with Gasteiger partial charge in [0.05, 0.1) is 20.6 Å². The van der Waals surface area contributed by atoms with Crippen molar-refractivity contribution < 1.29 is 18.0 Å². The van der Waals surface area contributed by atoms with Crippen LogP contribution in [0.5, 0.6) is 0 Å². The summed E-state index contributed by atoms with van der Waals surface area (Å²) in [4.78, 5) is 0. The van der Waals surface area contributed by atoms with E-state index in [1.54, 1.807) is 0 Å². The largest absolute Gasteiger partial charge is 0.368 e.